The second-order valence-electron chi connectivity index (χ2n) is 6.13. The SMILES string of the molecule is Cc1cc(S(=O)(=O)NC[C@@H](c2cccs2)S(=O)(=O)c2ccccc2)ccc1F. The van der Waals surface area contributed by atoms with Gasteiger partial charge in [-0.15, -0.1) is 11.3 Å². The van der Waals surface area contributed by atoms with Crippen molar-refractivity contribution in [2.24, 2.45) is 0 Å². The molecule has 3 aromatic rings. The van der Waals surface area contributed by atoms with Crippen molar-refractivity contribution in [1.29, 1.82) is 0 Å². The summed E-state index contributed by atoms with van der Waals surface area (Å²) in [5.41, 5.74) is 0.189. The lowest BCUT2D eigenvalue weighted by Gasteiger charge is -2.17. The van der Waals surface area contributed by atoms with Crippen LogP contribution in [0.2, 0.25) is 0 Å². The van der Waals surface area contributed by atoms with Gasteiger partial charge in [0.25, 0.3) is 0 Å². The van der Waals surface area contributed by atoms with Crippen molar-refractivity contribution in [3.8, 4) is 0 Å². The van der Waals surface area contributed by atoms with Gasteiger partial charge in [0.15, 0.2) is 9.84 Å². The highest BCUT2D eigenvalue weighted by Crippen LogP contribution is 2.31. The Kier molecular flexibility index (Phi) is 5.99. The summed E-state index contributed by atoms with van der Waals surface area (Å²) in [6.07, 6.45) is 0. The quantitative estimate of drug-likeness (QED) is 0.609. The smallest absolute Gasteiger partial charge is 0.223 e. The molecule has 0 fully saturated rings. The van der Waals surface area contributed by atoms with Crippen LogP contribution >= 0.6 is 11.3 Å². The van der Waals surface area contributed by atoms with E-state index in [2.05, 4.69) is 4.72 Å². The molecular weight excluding hydrogens is 421 g/mol. The van der Waals surface area contributed by atoms with Crippen LogP contribution < -0.4 is 4.72 Å². The maximum atomic E-state index is 13.4. The zero-order chi connectivity index (χ0) is 20.4. The number of benzene rings is 2. The van der Waals surface area contributed by atoms with Crippen LogP contribution in [0, 0.1) is 12.7 Å². The fraction of sp³-hybridized carbons (Fsp3) is 0.158. The highest BCUT2D eigenvalue weighted by molar-refractivity contribution is 7.92. The van der Waals surface area contributed by atoms with Crippen molar-refractivity contribution in [2.75, 3.05) is 6.54 Å². The van der Waals surface area contributed by atoms with Crippen LogP contribution in [-0.4, -0.2) is 23.4 Å². The molecule has 0 spiro atoms. The highest BCUT2D eigenvalue weighted by atomic mass is 32.2. The first kappa shape index (κ1) is 20.7. The largest absolute Gasteiger partial charge is 0.240 e. The third-order valence-electron chi connectivity index (χ3n) is 4.21. The molecule has 148 valence electrons. The van der Waals surface area contributed by atoms with Crippen LogP contribution in [0.3, 0.4) is 0 Å². The van der Waals surface area contributed by atoms with E-state index in [0.29, 0.717) is 4.88 Å². The number of nitrogens with one attached hydrogen (secondary N) is 1. The predicted molar refractivity (Wildman–Crippen MR) is 107 cm³/mol. The van der Waals surface area contributed by atoms with E-state index in [1.165, 1.54) is 36.5 Å². The van der Waals surface area contributed by atoms with Crippen LogP contribution in [0.5, 0.6) is 0 Å². The van der Waals surface area contributed by atoms with Crippen LogP contribution in [0.1, 0.15) is 15.7 Å². The average Bonchev–Trinajstić information content (AvgIpc) is 3.18. The molecule has 0 aliphatic rings. The van der Waals surface area contributed by atoms with Crippen LogP contribution in [-0.2, 0) is 19.9 Å². The van der Waals surface area contributed by atoms with Gasteiger partial charge in [0.1, 0.15) is 11.1 Å². The number of sulfone groups is 1. The molecule has 1 atom stereocenters. The molecule has 0 bridgehead atoms. The molecule has 28 heavy (non-hydrogen) atoms. The summed E-state index contributed by atoms with van der Waals surface area (Å²) in [4.78, 5) is 0.528. The zero-order valence-electron chi connectivity index (χ0n) is 14.9. The Morgan fingerprint density at radius 3 is 2.29 bits per heavy atom. The van der Waals surface area contributed by atoms with Crippen molar-refractivity contribution in [2.45, 2.75) is 22.0 Å². The van der Waals surface area contributed by atoms with Gasteiger partial charge < -0.3 is 0 Å². The fourth-order valence-corrected chi connectivity index (χ4v) is 6.71. The average molecular weight is 440 g/mol. The molecule has 0 amide bonds. The highest BCUT2D eigenvalue weighted by Gasteiger charge is 2.31. The van der Waals surface area contributed by atoms with Gasteiger partial charge in [0.05, 0.1) is 9.79 Å². The molecule has 0 aliphatic heterocycles. The van der Waals surface area contributed by atoms with E-state index in [4.69, 9.17) is 0 Å². The molecule has 1 heterocycles. The number of hydrogen-bond donors (Lipinski definition) is 1. The summed E-state index contributed by atoms with van der Waals surface area (Å²) < 4.78 is 67.2. The second kappa shape index (κ2) is 8.12. The molecular formula is C19H18FNO4S3. The lowest BCUT2D eigenvalue weighted by Crippen LogP contribution is -2.31. The summed E-state index contributed by atoms with van der Waals surface area (Å²) in [6, 6.07) is 14.7. The monoisotopic (exact) mass is 439 g/mol. The Hall–Kier alpha value is -2.07. The van der Waals surface area contributed by atoms with Gasteiger partial charge >= 0.3 is 0 Å². The van der Waals surface area contributed by atoms with Crippen molar-refractivity contribution < 1.29 is 21.2 Å². The van der Waals surface area contributed by atoms with E-state index in [9.17, 15) is 21.2 Å². The minimum absolute atomic E-state index is 0.116. The van der Waals surface area contributed by atoms with Crippen molar-refractivity contribution in [3.05, 3.63) is 82.3 Å². The molecule has 2 aromatic carbocycles. The van der Waals surface area contributed by atoms with Gasteiger partial charge in [-0.3, -0.25) is 0 Å². The lowest BCUT2D eigenvalue weighted by atomic mass is 10.2. The van der Waals surface area contributed by atoms with E-state index in [1.807, 2.05) is 0 Å². The molecule has 3 rings (SSSR count). The van der Waals surface area contributed by atoms with Crippen LogP contribution in [0.15, 0.2) is 75.8 Å². The Balaban J connectivity index is 1.92. The predicted octanol–water partition coefficient (Wildman–Crippen LogP) is 3.69. The number of rotatable bonds is 7. The topological polar surface area (TPSA) is 80.3 Å². The number of halogens is 1. The number of sulfonamides is 1. The molecule has 0 unspecified atom stereocenters. The Labute approximate surface area is 167 Å². The zero-order valence-corrected chi connectivity index (χ0v) is 17.3. The van der Waals surface area contributed by atoms with Crippen molar-refractivity contribution in [1.82, 2.24) is 4.72 Å². The Morgan fingerprint density at radius 1 is 0.964 bits per heavy atom. The van der Waals surface area contributed by atoms with Gasteiger partial charge in [-0.05, 0) is 54.3 Å². The van der Waals surface area contributed by atoms with Crippen molar-refractivity contribution >= 4 is 31.2 Å². The molecule has 0 saturated heterocycles. The van der Waals surface area contributed by atoms with Crippen LogP contribution in [0.4, 0.5) is 4.39 Å². The number of aryl methyl sites for hydroxylation is 1. The Bertz CT molecular complexity index is 1160. The lowest BCUT2D eigenvalue weighted by molar-refractivity contribution is 0.569. The third-order valence-corrected chi connectivity index (χ3v) is 8.86. The van der Waals surface area contributed by atoms with Gasteiger partial charge in [0, 0.05) is 11.4 Å². The standard InChI is InChI=1S/C19H18FNO4S3/c1-14-12-16(9-10-17(14)20)28(24,25)21-13-19(18-8-5-11-26-18)27(22,23)15-6-3-2-4-7-15/h2-12,19,21H,13H2,1H3/t19-/m0/s1. The van der Waals surface area contributed by atoms with Gasteiger partial charge in [-0.1, -0.05) is 24.3 Å². The van der Waals surface area contributed by atoms with Gasteiger partial charge in [0.2, 0.25) is 10.0 Å². The van der Waals surface area contributed by atoms with Gasteiger partial charge in [-0.25, -0.2) is 25.9 Å². The first-order valence-corrected chi connectivity index (χ1v) is 12.2. The van der Waals surface area contributed by atoms with E-state index >= 15 is 0 Å². The summed E-state index contributed by atoms with van der Waals surface area (Å²) >= 11 is 1.24. The third kappa shape index (κ3) is 4.33. The normalized spacial score (nSPS) is 13.4. The van der Waals surface area contributed by atoms with E-state index in [-0.39, 0.29) is 21.9 Å². The van der Waals surface area contributed by atoms with E-state index in [1.54, 1.807) is 35.7 Å². The summed E-state index contributed by atoms with van der Waals surface area (Å²) in [7, 11) is -7.82. The molecule has 1 aromatic heterocycles. The maximum absolute atomic E-state index is 13.4. The summed E-state index contributed by atoms with van der Waals surface area (Å²) in [5, 5.41) is 0.659. The first-order valence-electron chi connectivity index (χ1n) is 8.30. The van der Waals surface area contributed by atoms with Crippen LogP contribution in [0.25, 0.3) is 0 Å². The number of thiophene rings is 1. The van der Waals surface area contributed by atoms with Crippen molar-refractivity contribution in [3.63, 3.8) is 0 Å². The van der Waals surface area contributed by atoms with Gasteiger partial charge in [-0.2, -0.15) is 0 Å². The molecule has 0 radical (unpaired) electrons. The first-order chi connectivity index (χ1) is 13.2. The minimum Gasteiger partial charge on any atom is -0.223 e. The van der Waals surface area contributed by atoms with E-state index < -0.39 is 30.9 Å². The maximum Gasteiger partial charge on any atom is 0.240 e. The van der Waals surface area contributed by atoms with E-state index in [0.717, 1.165) is 12.1 Å². The minimum atomic E-state index is -4.00. The Morgan fingerprint density at radius 2 is 1.68 bits per heavy atom. The molecule has 5 nitrogen and oxygen atoms in total. The second-order valence-corrected chi connectivity index (χ2v) is 11.0. The molecule has 9 heteroatoms. The molecule has 0 saturated carbocycles. The molecule has 1 N–H and O–H groups in total. The molecule has 0 aliphatic carbocycles. The summed E-state index contributed by atoms with van der Waals surface area (Å²) in [6.45, 7) is 1.12. The fourth-order valence-electron chi connectivity index (χ4n) is 2.67. The number of hydrogen-bond acceptors (Lipinski definition) is 5. The summed E-state index contributed by atoms with van der Waals surface area (Å²) in [5.74, 6) is -0.512.